The van der Waals surface area contributed by atoms with Crippen molar-refractivity contribution in [1.29, 1.82) is 0 Å². The fourth-order valence-corrected chi connectivity index (χ4v) is 3.92. The zero-order valence-corrected chi connectivity index (χ0v) is 15.1. The van der Waals surface area contributed by atoms with Gasteiger partial charge in [0.1, 0.15) is 5.69 Å². The van der Waals surface area contributed by atoms with Crippen molar-refractivity contribution in [3.05, 3.63) is 40.7 Å². The molecule has 0 saturated carbocycles. The lowest BCUT2D eigenvalue weighted by molar-refractivity contribution is -0.143. The van der Waals surface area contributed by atoms with Gasteiger partial charge in [0.15, 0.2) is 0 Å². The molecule has 7 heteroatoms. The number of carbonyl (C=O) groups is 2. The number of ether oxygens (including phenoxy) is 1. The molecule has 6 nitrogen and oxygen atoms in total. The lowest BCUT2D eigenvalue weighted by Gasteiger charge is -2.21. The van der Waals surface area contributed by atoms with E-state index in [0.717, 1.165) is 6.42 Å². The van der Waals surface area contributed by atoms with E-state index in [4.69, 9.17) is 4.74 Å². The van der Waals surface area contributed by atoms with Crippen LogP contribution >= 0.6 is 11.3 Å². The van der Waals surface area contributed by atoms with Gasteiger partial charge >= 0.3 is 11.8 Å². The number of anilines is 1. The number of hydrogen-bond donors (Lipinski definition) is 1. The summed E-state index contributed by atoms with van der Waals surface area (Å²) in [7, 11) is 0. The Morgan fingerprint density at radius 3 is 2.96 bits per heavy atom. The summed E-state index contributed by atoms with van der Waals surface area (Å²) in [6, 6.07) is 7.49. The summed E-state index contributed by atoms with van der Waals surface area (Å²) < 4.78 is 5.38. The minimum absolute atomic E-state index is 0.0330. The highest BCUT2D eigenvalue weighted by atomic mass is 32.1. The fourth-order valence-electron chi connectivity index (χ4n) is 3.09. The van der Waals surface area contributed by atoms with Crippen molar-refractivity contribution in [2.45, 2.75) is 32.2 Å². The Bertz CT molecular complexity index is 748. The third-order valence-corrected chi connectivity index (χ3v) is 5.31. The second-order valence-corrected chi connectivity index (χ2v) is 6.98. The predicted octanol–water partition coefficient (Wildman–Crippen LogP) is 2.88. The van der Waals surface area contributed by atoms with Gasteiger partial charge in [0.25, 0.3) is 0 Å². The SMILES string of the molecule is CCOc1ncccc1NC(=O)C(=O)N1CC(c2cccs2)CC1C. The first-order chi connectivity index (χ1) is 12.1. The van der Waals surface area contributed by atoms with E-state index in [2.05, 4.69) is 16.4 Å². The van der Waals surface area contributed by atoms with Crippen LogP contribution < -0.4 is 10.1 Å². The van der Waals surface area contributed by atoms with E-state index >= 15 is 0 Å². The Morgan fingerprint density at radius 1 is 1.40 bits per heavy atom. The molecule has 0 aliphatic carbocycles. The van der Waals surface area contributed by atoms with Gasteiger partial charge in [-0.1, -0.05) is 6.07 Å². The normalized spacial score (nSPS) is 19.7. The van der Waals surface area contributed by atoms with Gasteiger partial charge in [-0.2, -0.15) is 0 Å². The molecule has 0 bridgehead atoms. The standard InChI is InChI=1S/C18H21N3O3S/c1-3-24-17-14(6-4-8-19-17)20-16(22)18(23)21-11-13(10-12(21)2)15-7-5-9-25-15/h4-9,12-13H,3,10-11H2,1-2H3,(H,20,22). The molecule has 25 heavy (non-hydrogen) atoms. The highest BCUT2D eigenvalue weighted by Crippen LogP contribution is 2.34. The molecule has 1 N–H and O–H groups in total. The smallest absolute Gasteiger partial charge is 0.314 e. The Balaban J connectivity index is 1.68. The minimum Gasteiger partial charge on any atom is -0.476 e. The molecule has 2 unspecified atom stereocenters. The number of thiophene rings is 1. The maximum atomic E-state index is 12.6. The first-order valence-corrected chi connectivity index (χ1v) is 9.21. The molecule has 132 valence electrons. The van der Waals surface area contributed by atoms with Crippen molar-refractivity contribution in [3.63, 3.8) is 0 Å². The topological polar surface area (TPSA) is 71.5 Å². The fraction of sp³-hybridized carbons (Fsp3) is 0.389. The van der Waals surface area contributed by atoms with E-state index in [9.17, 15) is 9.59 Å². The van der Waals surface area contributed by atoms with Crippen LogP contribution in [0.25, 0.3) is 0 Å². The van der Waals surface area contributed by atoms with Crippen LogP contribution in [0.2, 0.25) is 0 Å². The van der Waals surface area contributed by atoms with Gasteiger partial charge in [0, 0.05) is 29.6 Å². The van der Waals surface area contributed by atoms with Crippen LogP contribution in [0.4, 0.5) is 5.69 Å². The summed E-state index contributed by atoms with van der Waals surface area (Å²) in [6.07, 6.45) is 2.45. The molecule has 0 spiro atoms. The van der Waals surface area contributed by atoms with Gasteiger partial charge in [-0.05, 0) is 43.8 Å². The van der Waals surface area contributed by atoms with E-state index < -0.39 is 11.8 Å². The molecule has 0 radical (unpaired) electrons. The number of carbonyl (C=O) groups excluding carboxylic acids is 2. The third-order valence-electron chi connectivity index (χ3n) is 4.28. The zero-order chi connectivity index (χ0) is 17.8. The first-order valence-electron chi connectivity index (χ1n) is 8.33. The molecule has 3 heterocycles. The second kappa shape index (κ2) is 7.65. The monoisotopic (exact) mass is 359 g/mol. The maximum Gasteiger partial charge on any atom is 0.314 e. The van der Waals surface area contributed by atoms with E-state index in [1.165, 1.54) is 4.88 Å². The van der Waals surface area contributed by atoms with Gasteiger partial charge in [0.2, 0.25) is 5.88 Å². The van der Waals surface area contributed by atoms with Crippen molar-refractivity contribution in [2.24, 2.45) is 0 Å². The zero-order valence-electron chi connectivity index (χ0n) is 14.3. The summed E-state index contributed by atoms with van der Waals surface area (Å²) in [4.78, 5) is 32.0. The van der Waals surface area contributed by atoms with Crippen LogP contribution in [-0.2, 0) is 9.59 Å². The van der Waals surface area contributed by atoms with E-state index in [0.29, 0.717) is 30.6 Å². The number of rotatable bonds is 4. The van der Waals surface area contributed by atoms with Gasteiger partial charge < -0.3 is 15.0 Å². The second-order valence-electron chi connectivity index (χ2n) is 6.00. The molecular weight excluding hydrogens is 338 g/mol. The highest BCUT2D eigenvalue weighted by molar-refractivity contribution is 7.10. The van der Waals surface area contributed by atoms with Gasteiger partial charge in [-0.25, -0.2) is 4.98 Å². The molecule has 2 aromatic heterocycles. The Hall–Kier alpha value is -2.41. The van der Waals surface area contributed by atoms with E-state index in [-0.39, 0.29) is 6.04 Å². The number of likely N-dealkylation sites (tertiary alicyclic amines) is 1. The van der Waals surface area contributed by atoms with Gasteiger partial charge in [-0.3, -0.25) is 9.59 Å². The largest absolute Gasteiger partial charge is 0.476 e. The number of amides is 2. The summed E-state index contributed by atoms with van der Waals surface area (Å²) in [5.74, 6) is -0.563. The minimum atomic E-state index is -0.660. The van der Waals surface area contributed by atoms with Gasteiger partial charge in [-0.15, -0.1) is 11.3 Å². The Kier molecular flexibility index (Phi) is 5.33. The number of nitrogens with one attached hydrogen (secondary N) is 1. The van der Waals surface area contributed by atoms with Crippen LogP contribution in [0.5, 0.6) is 5.88 Å². The molecule has 0 aromatic carbocycles. The Morgan fingerprint density at radius 2 is 2.24 bits per heavy atom. The third kappa shape index (κ3) is 3.82. The Labute approximate surface area is 150 Å². The van der Waals surface area contributed by atoms with Crippen molar-refractivity contribution < 1.29 is 14.3 Å². The number of hydrogen-bond acceptors (Lipinski definition) is 5. The average Bonchev–Trinajstić information content (AvgIpc) is 3.25. The highest BCUT2D eigenvalue weighted by Gasteiger charge is 2.36. The first kappa shape index (κ1) is 17.4. The van der Waals surface area contributed by atoms with Crippen molar-refractivity contribution in [1.82, 2.24) is 9.88 Å². The quantitative estimate of drug-likeness (QED) is 0.852. The summed E-state index contributed by atoms with van der Waals surface area (Å²) in [5.41, 5.74) is 0.407. The number of nitrogens with zero attached hydrogens (tertiary/aromatic N) is 2. The molecule has 3 rings (SSSR count). The number of pyridine rings is 1. The molecule has 2 aromatic rings. The summed E-state index contributed by atoms with van der Waals surface area (Å²) >= 11 is 1.69. The molecule has 1 saturated heterocycles. The maximum absolute atomic E-state index is 12.6. The molecule has 1 fully saturated rings. The molecule has 2 amide bonds. The van der Waals surface area contributed by atoms with Crippen molar-refractivity contribution in [2.75, 3.05) is 18.5 Å². The van der Waals surface area contributed by atoms with Crippen LogP contribution in [0.15, 0.2) is 35.8 Å². The van der Waals surface area contributed by atoms with Crippen molar-refractivity contribution in [3.8, 4) is 5.88 Å². The van der Waals surface area contributed by atoms with E-state index in [1.54, 1.807) is 34.6 Å². The molecular formula is C18H21N3O3S. The van der Waals surface area contributed by atoms with Crippen LogP contribution in [0.3, 0.4) is 0 Å². The van der Waals surface area contributed by atoms with E-state index in [1.807, 2.05) is 25.3 Å². The van der Waals surface area contributed by atoms with Crippen LogP contribution in [0, 0.1) is 0 Å². The average molecular weight is 359 g/mol. The molecule has 1 aliphatic heterocycles. The predicted molar refractivity (Wildman–Crippen MR) is 96.9 cm³/mol. The summed E-state index contributed by atoms with van der Waals surface area (Å²) in [6.45, 7) is 4.81. The molecule has 1 aliphatic rings. The van der Waals surface area contributed by atoms with Crippen molar-refractivity contribution >= 4 is 28.8 Å². The summed E-state index contributed by atoms with van der Waals surface area (Å²) in [5, 5.41) is 4.66. The molecule has 2 atom stereocenters. The van der Waals surface area contributed by atoms with Crippen LogP contribution in [0.1, 0.15) is 31.1 Å². The van der Waals surface area contributed by atoms with Gasteiger partial charge in [0.05, 0.1) is 6.61 Å². The lowest BCUT2D eigenvalue weighted by atomic mass is 10.1. The van der Waals surface area contributed by atoms with Crippen LogP contribution in [-0.4, -0.2) is 40.9 Å². The number of aromatic nitrogens is 1. The lowest BCUT2D eigenvalue weighted by Crippen LogP contribution is -2.41.